The lowest BCUT2D eigenvalue weighted by Gasteiger charge is -2.19. The van der Waals surface area contributed by atoms with Crippen LogP contribution in [-0.4, -0.2) is 29.0 Å². The van der Waals surface area contributed by atoms with Crippen molar-refractivity contribution < 1.29 is 4.79 Å². The van der Waals surface area contributed by atoms with Crippen LogP contribution in [-0.2, 0) is 6.54 Å². The van der Waals surface area contributed by atoms with Crippen molar-refractivity contribution in [3.8, 4) is 0 Å². The Hall–Kier alpha value is -1.45. The average molecular weight is 223 g/mol. The van der Waals surface area contributed by atoms with Gasteiger partial charge in [0.05, 0.1) is 5.69 Å². The fourth-order valence-electron chi connectivity index (χ4n) is 1.80. The van der Waals surface area contributed by atoms with Gasteiger partial charge in [0.1, 0.15) is 5.69 Å². The number of amides is 1. The Bertz CT molecular complexity index is 368. The maximum Gasteiger partial charge on any atom is 0.270 e. The van der Waals surface area contributed by atoms with Gasteiger partial charge in [-0.3, -0.25) is 4.79 Å². The van der Waals surface area contributed by atoms with Gasteiger partial charge < -0.3 is 15.2 Å². The molecule has 0 atom stereocenters. The van der Waals surface area contributed by atoms with Crippen LogP contribution in [0, 0.1) is 5.92 Å². The molecule has 0 radical (unpaired) electrons. The number of nitrogens with zero attached hydrogens (tertiary/aromatic N) is 2. The van der Waals surface area contributed by atoms with E-state index < -0.39 is 0 Å². The summed E-state index contributed by atoms with van der Waals surface area (Å²) < 4.78 is 1.88. The standard InChI is InChI=1S/C12H21N3O/c1-5-15-8-10(13)6-11(15)12(16)14(4)7-9(2)3/h6,8-9H,5,7,13H2,1-4H3. The van der Waals surface area contributed by atoms with E-state index in [0.29, 0.717) is 17.3 Å². The molecule has 0 aliphatic rings. The Morgan fingerprint density at radius 3 is 2.69 bits per heavy atom. The SMILES string of the molecule is CCn1cc(N)cc1C(=O)N(C)CC(C)C. The van der Waals surface area contributed by atoms with Crippen molar-refractivity contribution in [2.24, 2.45) is 5.92 Å². The molecule has 1 aromatic rings. The van der Waals surface area contributed by atoms with Crippen LogP contribution < -0.4 is 5.73 Å². The summed E-state index contributed by atoms with van der Waals surface area (Å²) in [5.41, 5.74) is 7.01. The zero-order valence-corrected chi connectivity index (χ0v) is 10.5. The van der Waals surface area contributed by atoms with Crippen molar-refractivity contribution in [1.82, 2.24) is 9.47 Å². The molecule has 0 saturated carbocycles. The summed E-state index contributed by atoms with van der Waals surface area (Å²) in [4.78, 5) is 13.9. The van der Waals surface area contributed by atoms with Gasteiger partial charge in [0, 0.05) is 26.3 Å². The maximum atomic E-state index is 12.1. The lowest BCUT2D eigenvalue weighted by molar-refractivity contribution is 0.0768. The van der Waals surface area contributed by atoms with Crippen molar-refractivity contribution in [2.75, 3.05) is 19.3 Å². The lowest BCUT2D eigenvalue weighted by atomic mass is 10.2. The molecule has 0 fully saturated rings. The van der Waals surface area contributed by atoms with Crippen molar-refractivity contribution in [1.29, 1.82) is 0 Å². The summed E-state index contributed by atoms with van der Waals surface area (Å²) in [7, 11) is 1.82. The van der Waals surface area contributed by atoms with Crippen molar-refractivity contribution in [2.45, 2.75) is 27.3 Å². The number of carbonyl (C=O) groups is 1. The first-order valence-corrected chi connectivity index (χ1v) is 5.66. The summed E-state index contributed by atoms with van der Waals surface area (Å²) in [6.45, 7) is 7.70. The first kappa shape index (κ1) is 12.6. The molecule has 4 nitrogen and oxygen atoms in total. The molecule has 0 bridgehead atoms. The third-order valence-corrected chi connectivity index (χ3v) is 2.46. The van der Waals surface area contributed by atoms with Gasteiger partial charge in [-0.2, -0.15) is 0 Å². The van der Waals surface area contributed by atoms with Gasteiger partial charge in [0.25, 0.3) is 5.91 Å². The molecule has 16 heavy (non-hydrogen) atoms. The largest absolute Gasteiger partial charge is 0.397 e. The fraction of sp³-hybridized carbons (Fsp3) is 0.583. The summed E-state index contributed by atoms with van der Waals surface area (Å²) >= 11 is 0. The van der Waals surface area contributed by atoms with E-state index in [-0.39, 0.29) is 5.91 Å². The number of anilines is 1. The van der Waals surface area contributed by atoms with Crippen LogP contribution in [0.1, 0.15) is 31.3 Å². The fourth-order valence-corrected chi connectivity index (χ4v) is 1.80. The smallest absolute Gasteiger partial charge is 0.270 e. The third-order valence-electron chi connectivity index (χ3n) is 2.46. The minimum Gasteiger partial charge on any atom is -0.397 e. The molecule has 2 N–H and O–H groups in total. The molecule has 0 unspecified atom stereocenters. The van der Waals surface area contributed by atoms with Gasteiger partial charge in [-0.1, -0.05) is 13.8 Å². The first-order valence-electron chi connectivity index (χ1n) is 5.66. The maximum absolute atomic E-state index is 12.1. The molecule has 0 aliphatic carbocycles. The molecule has 0 aromatic carbocycles. The number of aromatic nitrogens is 1. The van der Waals surface area contributed by atoms with Gasteiger partial charge in [0.15, 0.2) is 0 Å². The zero-order chi connectivity index (χ0) is 12.3. The Morgan fingerprint density at radius 2 is 2.19 bits per heavy atom. The second kappa shape index (κ2) is 5.05. The normalized spacial score (nSPS) is 10.8. The second-order valence-electron chi connectivity index (χ2n) is 4.52. The van der Waals surface area contributed by atoms with Crippen LogP contribution in [0.2, 0.25) is 0 Å². The monoisotopic (exact) mass is 223 g/mol. The van der Waals surface area contributed by atoms with E-state index in [4.69, 9.17) is 5.73 Å². The number of nitrogens with two attached hydrogens (primary N) is 1. The van der Waals surface area contributed by atoms with E-state index in [1.165, 1.54) is 0 Å². The molecule has 0 aliphatic heterocycles. The number of hydrogen-bond donors (Lipinski definition) is 1. The van der Waals surface area contributed by atoms with Crippen LogP contribution in [0.25, 0.3) is 0 Å². The van der Waals surface area contributed by atoms with Crippen molar-refractivity contribution >= 4 is 11.6 Å². The molecular formula is C12H21N3O. The van der Waals surface area contributed by atoms with Crippen LogP contribution in [0.3, 0.4) is 0 Å². The molecular weight excluding hydrogens is 202 g/mol. The highest BCUT2D eigenvalue weighted by Gasteiger charge is 2.16. The highest BCUT2D eigenvalue weighted by molar-refractivity contribution is 5.93. The lowest BCUT2D eigenvalue weighted by Crippen LogP contribution is -2.31. The number of aryl methyl sites for hydroxylation is 1. The highest BCUT2D eigenvalue weighted by Crippen LogP contribution is 2.13. The van der Waals surface area contributed by atoms with E-state index in [0.717, 1.165) is 13.1 Å². The molecule has 1 amide bonds. The van der Waals surface area contributed by atoms with Crippen LogP contribution in [0.5, 0.6) is 0 Å². The van der Waals surface area contributed by atoms with Gasteiger partial charge in [0.2, 0.25) is 0 Å². The summed E-state index contributed by atoms with van der Waals surface area (Å²) in [6, 6.07) is 1.74. The molecule has 1 aromatic heterocycles. The predicted molar refractivity (Wildman–Crippen MR) is 66.3 cm³/mol. The molecule has 90 valence electrons. The van der Waals surface area contributed by atoms with E-state index >= 15 is 0 Å². The number of hydrogen-bond acceptors (Lipinski definition) is 2. The van der Waals surface area contributed by atoms with Crippen LogP contribution in [0.4, 0.5) is 5.69 Å². The molecule has 0 spiro atoms. The van der Waals surface area contributed by atoms with E-state index in [1.54, 1.807) is 17.2 Å². The average Bonchev–Trinajstić information content (AvgIpc) is 2.57. The number of nitrogen functional groups attached to an aromatic ring is 1. The minimum atomic E-state index is 0.0345. The first-order chi connectivity index (χ1) is 7.45. The van der Waals surface area contributed by atoms with E-state index in [9.17, 15) is 4.79 Å². The van der Waals surface area contributed by atoms with Gasteiger partial charge in [-0.05, 0) is 18.9 Å². The zero-order valence-electron chi connectivity index (χ0n) is 10.5. The molecule has 1 heterocycles. The van der Waals surface area contributed by atoms with Crippen LogP contribution in [0.15, 0.2) is 12.3 Å². The molecule has 0 saturated heterocycles. The number of carbonyl (C=O) groups excluding carboxylic acids is 1. The summed E-state index contributed by atoms with van der Waals surface area (Å²) in [6.07, 6.45) is 1.80. The van der Waals surface area contributed by atoms with Gasteiger partial charge in [-0.15, -0.1) is 0 Å². The van der Waals surface area contributed by atoms with E-state index in [2.05, 4.69) is 13.8 Å². The third kappa shape index (κ3) is 2.78. The Labute approximate surface area is 97.0 Å². The summed E-state index contributed by atoms with van der Waals surface area (Å²) in [5, 5.41) is 0. The molecule has 4 heteroatoms. The Morgan fingerprint density at radius 1 is 1.56 bits per heavy atom. The number of rotatable bonds is 4. The van der Waals surface area contributed by atoms with Gasteiger partial charge >= 0.3 is 0 Å². The second-order valence-corrected chi connectivity index (χ2v) is 4.52. The van der Waals surface area contributed by atoms with Crippen molar-refractivity contribution in [3.63, 3.8) is 0 Å². The highest BCUT2D eigenvalue weighted by atomic mass is 16.2. The Balaban J connectivity index is 2.86. The quantitative estimate of drug-likeness (QED) is 0.846. The van der Waals surface area contributed by atoms with Gasteiger partial charge in [-0.25, -0.2) is 0 Å². The minimum absolute atomic E-state index is 0.0345. The summed E-state index contributed by atoms with van der Waals surface area (Å²) in [5.74, 6) is 0.503. The molecule has 1 rings (SSSR count). The van der Waals surface area contributed by atoms with Crippen LogP contribution >= 0.6 is 0 Å². The Kier molecular flexibility index (Phi) is 3.99. The topological polar surface area (TPSA) is 51.3 Å². The van der Waals surface area contributed by atoms with E-state index in [1.807, 2.05) is 18.5 Å². The van der Waals surface area contributed by atoms with Crippen molar-refractivity contribution in [3.05, 3.63) is 18.0 Å². The predicted octanol–water partition coefficient (Wildman–Crippen LogP) is 1.82.